The second kappa shape index (κ2) is 44.9. The maximum atomic E-state index is 12.7. The molecule has 0 aliphatic heterocycles. The zero-order valence-electron chi connectivity index (χ0n) is 41.6. The van der Waals surface area contributed by atoms with E-state index in [0.717, 1.165) is 32.1 Å². The molecule has 1 unspecified atom stereocenters. The molecule has 0 saturated heterocycles. The first kappa shape index (κ1) is 60.8. The summed E-state index contributed by atoms with van der Waals surface area (Å²) in [5.74, 6) is -0.839. The van der Waals surface area contributed by atoms with Gasteiger partial charge in [-0.15, -0.1) is 0 Å². The number of allylic oxidation sites excluding steroid dienone is 2. The lowest BCUT2D eigenvalue weighted by Gasteiger charge is -2.24. The van der Waals surface area contributed by atoms with Gasteiger partial charge >= 0.3 is 19.8 Å². The second-order valence-electron chi connectivity index (χ2n) is 19.3. The molecule has 0 aromatic heterocycles. The van der Waals surface area contributed by atoms with Gasteiger partial charge in [-0.2, -0.15) is 0 Å². The van der Waals surface area contributed by atoms with E-state index in [2.05, 4.69) is 19.9 Å². The Kier molecular flexibility index (Phi) is 44.0. The fraction of sp³-hybridized carbons (Fsp3) is 0.923. The van der Waals surface area contributed by atoms with Crippen LogP contribution < -0.4 is 0 Å². The van der Waals surface area contributed by atoms with Crippen molar-refractivity contribution in [2.75, 3.05) is 47.5 Å². The molecule has 0 aromatic rings. The summed E-state index contributed by atoms with van der Waals surface area (Å²) in [4.78, 5) is 35.5. The highest BCUT2D eigenvalue weighted by atomic mass is 31.2. The van der Waals surface area contributed by atoms with Gasteiger partial charge in [0, 0.05) is 12.8 Å². The molecule has 0 aliphatic rings. The summed E-state index contributed by atoms with van der Waals surface area (Å²) in [6.07, 6.45) is 50.0. The first-order valence-corrected chi connectivity index (χ1v) is 27.9. The predicted octanol–water partition coefficient (Wildman–Crippen LogP) is 15.7. The number of phosphoric ester groups is 1. The lowest BCUT2D eigenvalue weighted by atomic mass is 10.0. The molecular formula is C52H103NO8P+. The van der Waals surface area contributed by atoms with Crippen molar-refractivity contribution in [2.45, 2.75) is 264 Å². The van der Waals surface area contributed by atoms with Crippen molar-refractivity contribution in [2.24, 2.45) is 0 Å². The van der Waals surface area contributed by atoms with E-state index in [-0.39, 0.29) is 32.0 Å². The lowest BCUT2D eigenvalue weighted by Crippen LogP contribution is -2.37. The summed E-state index contributed by atoms with van der Waals surface area (Å²) in [5.41, 5.74) is 0. The van der Waals surface area contributed by atoms with E-state index in [4.69, 9.17) is 18.5 Å². The van der Waals surface area contributed by atoms with Crippen LogP contribution in [-0.2, 0) is 32.7 Å². The topological polar surface area (TPSA) is 108 Å². The van der Waals surface area contributed by atoms with Crippen molar-refractivity contribution in [1.82, 2.24) is 0 Å². The van der Waals surface area contributed by atoms with Gasteiger partial charge in [-0.05, 0) is 25.7 Å². The minimum Gasteiger partial charge on any atom is -0.462 e. The monoisotopic (exact) mass is 901 g/mol. The van der Waals surface area contributed by atoms with Gasteiger partial charge in [0.1, 0.15) is 19.8 Å². The minimum atomic E-state index is -4.38. The number of nitrogens with zero attached hydrogens (tertiary/aromatic N) is 1. The molecule has 62 heavy (non-hydrogen) atoms. The average Bonchev–Trinajstić information content (AvgIpc) is 3.23. The van der Waals surface area contributed by atoms with Crippen LogP contribution in [0.3, 0.4) is 0 Å². The van der Waals surface area contributed by atoms with Crippen LogP contribution in [0.5, 0.6) is 0 Å². The van der Waals surface area contributed by atoms with Crippen molar-refractivity contribution < 1.29 is 42.1 Å². The highest BCUT2D eigenvalue weighted by Crippen LogP contribution is 2.43. The smallest absolute Gasteiger partial charge is 0.462 e. The Hall–Kier alpha value is -1.25. The van der Waals surface area contributed by atoms with Gasteiger partial charge < -0.3 is 18.9 Å². The third-order valence-corrected chi connectivity index (χ3v) is 12.8. The van der Waals surface area contributed by atoms with Gasteiger partial charge in [-0.3, -0.25) is 18.6 Å². The van der Waals surface area contributed by atoms with E-state index in [9.17, 15) is 19.0 Å². The zero-order valence-corrected chi connectivity index (χ0v) is 42.5. The lowest BCUT2D eigenvalue weighted by molar-refractivity contribution is -0.870. The number of unbranched alkanes of at least 4 members (excludes halogenated alkanes) is 33. The molecule has 0 aromatic carbocycles. The first-order valence-electron chi connectivity index (χ1n) is 26.4. The van der Waals surface area contributed by atoms with Crippen LogP contribution in [-0.4, -0.2) is 74.9 Å². The molecule has 0 rings (SSSR count). The molecular weight excluding hydrogens is 798 g/mol. The van der Waals surface area contributed by atoms with Crippen molar-refractivity contribution in [3.63, 3.8) is 0 Å². The maximum Gasteiger partial charge on any atom is 0.472 e. The Labute approximate surface area is 384 Å². The van der Waals surface area contributed by atoms with Crippen LogP contribution in [0.25, 0.3) is 0 Å². The number of ether oxygens (including phenoxy) is 2. The molecule has 0 heterocycles. The molecule has 9 nitrogen and oxygen atoms in total. The number of phosphoric acid groups is 1. The molecule has 0 amide bonds. The number of rotatable bonds is 49. The van der Waals surface area contributed by atoms with E-state index >= 15 is 0 Å². The molecule has 0 saturated carbocycles. The predicted molar refractivity (Wildman–Crippen MR) is 261 cm³/mol. The fourth-order valence-corrected chi connectivity index (χ4v) is 8.42. The Morgan fingerprint density at radius 3 is 1.26 bits per heavy atom. The molecule has 0 spiro atoms. The largest absolute Gasteiger partial charge is 0.472 e. The SMILES string of the molecule is CCCCCCCCCCCCC/C=C/CCC(=O)O[C@@H](COC(=O)CCCCCCCCCCCCCCCCCCCCCCCCC)COP(=O)(O)OCC[N+](C)(C)C. The molecule has 0 bridgehead atoms. The molecule has 0 fully saturated rings. The standard InChI is InChI=1S/C52H102NO8P/c1-6-8-10-12-14-16-18-20-22-23-24-25-26-27-28-29-31-32-34-36-38-40-42-44-51(54)58-48-50(49-60-62(56,57)59-47-46-53(3,4)5)61-52(55)45-43-41-39-37-35-33-30-21-19-17-15-13-11-9-7-2/h39,41,50H,6-38,40,42-49H2,1-5H3/p+1/b41-39+/t50-/m0/s1. The molecule has 0 radical (unpaired) electrons. The summed E-state index contributed by atoms with van der Waals surface area (Å²) < 4.78 is 34.4. The number of quaternary nitrogens is 1. The quantitative estimate of drug-likeness (QED) is 0.0211. The van der Waals surface area contributed by atoms with Crippen molar-refractivity contribution in [1.29, 1.82) is 0 Å². The van der Waals surface area contributed by atoms with E-state index < -0.39 is 26.5 Å². The number of carbonyl (C=O) groups excluding carboxylic acids is 2. The van der Waals surface area contributed by atoms with Gasteiger partial charge in [-0.25, -0.2) is 4.57 Å². The van der Waals surface area contributed by atoms with Crippen LogP contribution in [0.4, 0.5) is 0 Å². The van der Waals surface area contributed by atoms with Gasteiger partial charge in [0.2, 0.25) is 0 Å². The van der Waals surface area contributed by atoms with Crippen LogP contribution in [0.2, 0.25) is 0 Å². The molecule has 368 valence electrons. The zero-order chi connectivity index (χ0) is 45.7. The number of hydrogen-bond donors (Lipinski definition) is 1. The Morgan fingerprint density at radius 2 is 0.855 bits per heavy atom. The summed E-state index contributed by atoms with van der Waals surface area (Å²) in [6, 6.07) is 0. The average molecular weight is 901 g/mol. The number of esters is 2. The maximum absolute atomic E-state index is 12.7. The molecule has 0 aliphatic carbocycles. The Bertz CT molecular complexity index is 1060. The van der Waals surface area contributed by atoms with E-state index in [0.29, 0.717) is 17.4 Å². The normalized spacial score (nSPS) is 13.5. The molecule has 1 N–H and O–H groups in total. The number of carbonyl (C=O) groups is 2. The molecule has 2 atom stereocenters. The Morgan fingerprint density at radius 1 is 0.484 bits per heavy atom. The van der Waals surface area contributed by atoms with Gasteiger partial charge in [-0.1, -0.05) is 231 Å². The number of likely N-dealkylation sites (N-methyl/N-ethyl adjacent to an activating group) is 1. The fourth-order valence-electron chi connectivity index (χ4n) is 7.68. The van der Waals surface area contributed by atoms with Crippen LogP contribution in [0.15, 0.2) is 12.2 Å². The van der Waals surface area contributed by atoms with Crippen LogP contribution in [0.1, 0.15) is 258 Å². The summed E-state index contributed by atoms with van der Waals surface area (Å²) in [7, 11) is 1.47. The highest BCUT2D eigenvalue weighted by molar-refractivity contribution is 7.47. The third-order valence-electron chi connectivity index (χ3n) is 11.8. The number of hydrogen-bond acceptors (Lipinski definition) is 7. The first-order chi connectivity index (χ1) is 30.0. The van der Waals surface area contributed by atoms with Crippen molar-refractivity contribution in [3.8, 4) is 0 Å². The van der Waals surface area contributed by atoms with E-state index in [1.54, 1.807) is 0 Å². The van der Waals surface area contributed by atoms with Gasteiger partial charge in [0.05, 0.1) is 27.7 Å². The Balaban J connectivity index is 4.17. The van der Waals surface area contributed by atoms with Crippen molar-refractivity contribution in [3.05, 3.63) is 12.2 Å². The van der Waals surface area contributed by atoms with Crippen LogP contribution >= 0.6 is 7.82 Å². The highest BCUT2D eigenvalue weighted by Gasteiger charge is 2.27. The summed E-state index contributed by atoms with van der Waals surface area (Å²) in [5, 5.41) is 0. The van der Waals surface area contributed by atoms with Crippen molar-refractivity contribution >= 4 is 19.8 Å². The third kappa shape index (κ3) is 48.2. The van der Waals surface area contributed by atoms with Gasteiger partial charge in [0.15, 0.2) is 6.10 Å². The van der Waals surface area contributed by atoms with Crippen LogP contribution in [0, 0.1) is 0 Å². The summed E-state index contributed by atoms with van der Waals surface area (Å²) in [6.45, 7) is 4.43. The summed E-state index contributed by atoms with van der Waals surface area (Å²) >= 11 is 0. The second-order valence-corrected chi connectivity index (χ2v) is 20.7. The van der Waals surface area contributed by atoms with E-state index in [1.165, 1.54) is 193 Å². The van der Waals surface area contributed by atoms with E-state index in [1.807, 2.05) is 27.2 Å². The minimum absolute atomic E-state index is 0.0296. The van der Waals surface area contributed by atoms with Gasteiger partial charge in [0.25, 0.3) is 0 Å². The molecule has 10 heteroatoms.